The van der Waals surface area contributed by atoms with E-state index in [1.165, 1.54) is 6.07 Å². The van der Waals surface area contributed by atoms with Gasteiger partial charge in [-0.2, -0.15) is 0 Å². The van der Waals surface area contributed by atoms with Crippen LogP contribution in [-0.2, 0) is 6.42 Å². The van der Waals surface area contributed by atoms with Crippen LogP contribution >= 0.6 is 15.9 Å². The summed E-state index contributed by atoms with van der Waals surface area (Å²) in [5.41, 5.74) is 9.16. The normalized spacial score (nSPS) is 24.3. The maximum Gasteiger partial charge on any atom is 0.147 e. The first-order chi connectivity index (χ1) is 12.3. The van der Waals surface area contributed by atoms with Crippen LogP contribution in [0.15, 0.2) is 28.9 Å². The number of halogens is 3. The van der Waals surface area contributed by atoms with Crippen molar-refractivity contribution in [1.29, 1.82) is 0 Å². The van der Waals surface area contributed by atoms with Crippen LogP contribution in [0, 0.1) is 12.7 Å². The third-order valence-corrected chi connectivity index (χ3v) is 6.16. The lowest BCUT2D eigenvalue weighted by molar-refractivity contribution is 0.0945. The molecule has 0 saturated heterocycles. The van der Waals surface area contributed by atoms with Crippen LogP contribution in [-0.4, -0.2) is 28.1 Å². The molecule has 6 heteroatoms. The molecule has 1 saturated carbocycles. The molecule has 1 aliphatic carbocycles. The number of anilines is 1. The molecule has 1 aromatic heterocycles. The predicted octanol–water partition coefficient (Wildman–Crippen LogP) is 4.71. The van der Waals surface area contributed by atoms with Gasteiger partial charge in [-0.25, -0.2) is 8.78 Å². The number of benzene rings is 1. The number of aromatic nitrogens is 1. The molecule has 0 spiro atoms. The zero-order valence-electron chi connectivity index (χ0n) is 14.9. The van der Waals surface area contributed by atoms with E-state index in [4.69, 9.17) is 5.73 Å². The fourth-order valence-corrected chi connectivity index (χ4v) is 4.27. The molecule has 2 N–H and O–H groups in total. The largest absolute Gasteiger partial charge is 0.399 e. The lowest BCUT2D eigenvalue weighted by Gasteiger charge is -2.43. The molecule has 26 heavy (non-hydrogen) atoms. The minimum absolute atomic E-state index is 0.0751. The quantitative estimate of drug-likeness (QED) is 0.729. The molecular formula is C20H22BrF2N3. The molecule has 3 nitrogen and oxygen atoms in total. The van der Waals surface area contributed by atoms with Gasteiger partial charge in [0.1, 0.15) is 11.5 Å². The van der Waals surface area contributed by atoms with Crippen molar-refractivity contribution in [2.24, 2.45) is 0 Å². The zero-order chi connectivity index (χ0) is 18.6. The minimum atomic E-state index is -1.15. The van der Waals surface area contributed by atoms with E-state index in [1.807, 2.05) is 19.1 Å². The van der Waals surface area contributed by atoms with Crippen LogP contribution in [0.4, 0.5) is 14.5 Å². The first kappa shape index (κ1) is 17.9. The van der Waals surface area contributed by atoms with Crippen molar-refractivity contribution in [2.45, 2.75) is 50.9 Å². The van der Waals surface area contributed by atoms with Crippen molar-refractivity contribution in [1.82, 2.24) is 9.88 Å². The topological polar surface area (TPSA) is 42.1 Å². The van der Waals surface area contributed by atoms with Crippen LogP contribution in [0.2, 0.25) is 0 Å². The van der Waals surface area contributed by atoms with Crippen LogP contribution in [0.1, 0.15) is 48.2 Å². The Hall–Kier alpha value is -1.53. The Morgan fingerprint density at radius 3 is 2.77 bits per heavy atom. The highest BCUT2D eigenvalue weighted by atomic mass is 79.9. The van der Waals surface area contributed by atoms with E-state index in [2.05, 4.69) is 32.7 Å². The number of hydrogen-bond donors (Lipinski definition) is 1. The minimum Gasteiger partial charge on any atom is -0.399 e. The molecule has 2 aromatic rings. The fourth-order valence-electron chi connectivity index (χ4n) is 3.97. The molecule has 4 rings (SSSR count). The Morgan fingerprint density at radius 1 is 1.38 bits per heavy atom. The molecule has 0 amide bonds. The fraction of sp³-hybridized carbons (Fsp3) is 0.450. The van der Waals surface area contributed by atoms with Crippen molar-refractivity contribution >= 4 is 21.6 Å². The number of fused-ring (bicyclic) bond motifs is 1. The smallest absolute Gasteiger partial charge is 0.147 e. The lowest BCUT2D eigenvalue weighted by atomic mass is 9.83. The zero-order valence-corrected chi connectivity index (χ0v) is 16.5. The number of pyridine rings is 1. The number of nitrogen functional groups attached to an aromatic ring is 1. The van der Waals surface area contributed by atoms with Crippen molar-refractivity contribution < 1.29 is 8.78 Å². The first-order valence-electron chi connectivity index (χ1n) is 8.92. The second-order valence-electron chi connectivity index (χ2n) is 7.65. The highest BCUT2D eigenvalue weighted by molar-refractivity contribution is 9.10. The summed E-state index contributed by atoms with van der Waals surface area (Å²) in [6, 6.07) is 4.89. The summed E-state index contributed by atoms with van der Waals surface area (Å²) >= 11 is 3.27. The molecule has 138 valence electrons. The molecule has 1 aromatic carbocycles. The van der Waals surface area contributed by atoms with Crippen molar-refractivity contribution in [3.8, 4) is 0 Å². The Labute approximate surface area is 160 Å². The summed E-state index contributed by atoms with van der Waals surface area (Å²) < 4.78 is 30.1. The van der Waals surface area contributed by atoms with Crippen molar-refractivity contribution in [2.75, 3.05) is 12.3 Å². The van der Waals surface area contributed by atoms with Gasteiger partial charge in [0.25, 0.3) is 0 Å². The molecule has 2 atom stereocenters. The van der Waals surface area contributed by atoms with E-state index < -0.39 is 11.7 Å². The molecule has 1 aliphatic heterocycles. The van der Waals surface area contributed by atoms with Gasteiger partial charge < -0.3 is 5.73 Å². The lowest BCUT2D eigenvalue weighted by Crippen LogP contribution is -2.46. The van der Waals surface area contributed by atoms with Gasteiger partial charge in [-0.05, 0) is 77.9 Å². The Morgan fingerprint density at radius 2 is 2.12 bits per heavy atom. The highest BCUT2D eigenvalue weighted by Crippen LogP contribution is 2.46. The highest BCUT2D eigenvalue weighted by Gasteiger charge is 2.48. The molecule has 2 heterocycles. The van der Waals surface area contributed by atoms with Crippen LogP contribution in [0.5, 0.6) is 0 Å². The van der Waals surface area contributed by atoms with E-state index in [0.29, 0.717) is 29.6 Å². The third-order valence-electron chi connectivity index (χ3n) is 5.72. The second kappa shape index (κ2) is 6.27. The van der Waals surface area contributed by atoms with E-state index in [1.54, 1.807) is 6.20 Å². The van der Waals surface area contributed by atoms with Crippen molar-refractivity contribution in [3.05, 3.63) is 57.1 Å². The van der Waals surface area contributed by atoms with Crippen LogP contribution < -0.4 is 5.73 Å². The molecule has 0 radical (unpaired) electrons. The standard InChI is InChI=1S/C20H22BrF2N3/c1-11-7-15-12(2)17(24)4-3-14(15)19(26(11)10-20(23)5-6-20)18-16(22)8-13(21)9-25-18/h3-4,8-9,11,19H,5-7,10,24H2,1-2H3/t11-,19+/m1/s1. The second-order valence-corrected chi connectivity index (χ2v) is 8.56. The number of rotatable bonds is 3. The molecular weight excluding hydrogens is 400 g/mol. The molecule has 0 bridgehead atoms. The van der Waals surface area contributed by atoms with E-state index in [0.717, 1.165) is 28.8 Å². The number of nitrogens with two attached hydrogens (primary N) is 1. The number of hydrogen-bond acceptors (Lipinski definition) is 3. The summed E-state index contributed by atoms with van der Waals surface area (Å²) in [5, 5.41) is 0. The van der Waals surface area contributed by atoms with Gasteiger partial charge in [-0.1, -0.05) is 6.07 Å². The Bertz CT molecular complexity index is 866. The van der Waals surface area contributed by atoms with Gasteiger partial charge in [0.05, 0.1) is 11.7 Å². The third kappa shape index (κ3) is 3.03. The van der Waals surface area contributed by atoms with Crippen LogP contribution in [0.25, 0.3) is 0 Å². The summed E-state index contributed by atoms with van der Waals surface area (Å²) in [4.78, 5) is 6.44. The average molecular weight is 422 g/mol. The van der Waals surface area contributed by atoms with E-state index in [9.17, 15) is 8.78 Å². The maximum atomic E-state index is 14.8. The average Bonchev–Trinajstić information content (AvgIpc) is 3.31. The Kier molecular flexibility index (Phi) is 4.31. The van der Waals surface area contributed by atoms with Gasteiger partial charge in [0.2, 0.25) is 0 Å². The molecule has 1 fully saturated rings. The first-order valence-corrected chi connectivity index (χ1v) is 9.72. The SMILES string of the molecule is Cc1c(N)ccc2c1C[C@@H](C)N(CC1(F)CC1)[C@@H]2c1ncc(Br)cc1F. The van der Waals surface area contributed by atoms with Gasteiger partial charge in [-0.15, -0.1) is 0 Å². The van der Waals surface area contributed by atoms with E-state index in [-0.39, 0.29) is 11.9 Å². The van der Waals surface area contributed by atoms with Gasteiger partial charge >= 0.3 is 0 Å². The van der Waals surface area contributed by atoms with E-state index >= 15 is 0 Å². The molecule has 2 aliphatic rings. The summed E-state index contributed by atoms with van der Waals surface area (Å²) in [7, 11) is 0. The number of alkyl halides is 1. The monoisotopic (exact) mass is 421 g/mol. The van der Waals surface area contributed by atoms with Crippen LogP contribution in [0.3, 0.4) is 0 Å². The predicted molar refractivity (Wildman–Crippen MR) is 102 cm³/mol. The van der Waals surface area contributed by atoms with Crippen molar-refractivity contribution in [3.63, 3.8) is 0 Å². The maximum absolute atomic E-state index is 14.8. The van der Waals surface area contributed by atoms with Gasteiger partial charge in [0, 0.05) is 28.9 Å². The summed E-state index contributed by atoms with van der Waals surface area (Å²) in [5.74, 6) is -0.382. The summed E-state index contributed by atoms with van der Waals surface area (Å²) in [6.07, 6.45) is 3.53. The van der Waals surface area contributed by atoms with Gasteiger partial charge in [0.15, 0.2) is 0 Å². The Balaban J connectivity index is 1.88. The number of nitrogens with zero attached hydrogens (tertiary/aromatic N) is 2. The molecule has 0 unspecified atom stereocenters. The van der Waals surface area contributed by atoms with Gasteiger partial charge in [-0.3, -0.25) is 9.88 Å². The summed E-state index contributed by atoms with van der Waals surface area (Å²) in [6.45, 7) is 4.37.